The smallest absolute Gasteiger partial charge is 0.274 e. The summed E-state index contributed by atoms with van der Waals surface area (Å²) in [6.07, 6.45) is 0. The molecule has 0 aliphatic rings. The quantitative estimate of drug-likeness (QED) is 0.457. The van der Waals surface area contributed by atoms with Gasteiger partial charge in [-0.15, -0.1) is 0 Å². The maximum absolute atomic E-state index is 10.9. The van der Waals surface area contributed by atoms with Gasteiger partial charge >= 0.3 is 0 Å². The van der Waals surface area contributed by atoms with Gasteiger partial charge in [-0.25, -0.2) is 8.42 Å². The van der Waals surface area contributed by atoms with E-state index in [-0.39, 0.29) is 5.69 Å². The molecule has 7 heteroatoms. The molecule has 0 aliphatic heterocycles. The van der Waals surface area contributed by atoms with Crippen molar-refractivity contribution in [2.24, 2.45) is 0 Å². The Bertz CT molecular complexity index is 557. The lowest BCUT2D eigenvalue weighted by Gasteiger charge is -2.19. The van der Waals surface area contributed by atoms with Gasteiger partial charge in [0, 0.05) is 11.6 Å². The van der Waals surface area contributed by atoms with Crippen molar-refractivity contribution < 1.29 is 17.9 Å². The lowest BCUT2D eigenvalue weighted by atomic mass is 9.86. The highest BCUT2D eigenvalue weighted by Crippen LogP contribution is 2.32. The molecule has 0 fully saturated rings. The SMILES string of the molecule is CC(C)(C)c1ccc(S(=O)(=O)[O-])cc1[N+](=O)[O-]. The van der Waals surface area contributed by atoms with Gasteiger partial charge in [0.2, 0.25) is 0 Å². The van der Waals surface area contributed by atoms with E-state index < -0.39 is 25.4 Å². The molecule has 6 nitrogen and oxygen atoms in total. The van der Waals surface area contributed by atoms with Gasteiger partial charge in [-0.05, 0) is 11.5 Å². The van der Waals surface area contributed by atoms with Crippen LogP contribution in [-0.4, -0.2) is 17.9 Å². The molecule has 0 aliphatic carbocycles. The van der Waals surface area contributed by atoms with Gasteiger partial charge in [0.25, 0.3) is 5.69 Å². The molecule has 1 aromatic rings. The fraction of sp³-hybridized carbons (Fsp3) is 0.400. The topological polar surface area (TPSA) is 100 Å². The molecule has 0 radical (unpaired) electrons. The maximum Gasteiger partial charge on any atom is 0.274 e. The van der Waals surface area contributed by atoms with E-state index >= 15 is 0 Å². The minimum atomic E-state index is -4.68. The van der Waals surface area contributed by atoms with Crippen LogP contribution in [0, 0.1) is 10.1 Å². The van der Waals surface area contributed by atoms with Crippen molar-refractivity contribution in [3.63, 3.8) is 0 Å². The summed E-state index contributed by atoms with van der Waals surface area (Å²) < 4.78 is 32.4. The number of hydrogen-bond acceptors (Lipinski definition) is 5. The normalized spacial score (nSPS) is 12.5. The minimum absolute atomic E-state index is 0.352. The van der Waals surface area contributed by atoms with Crippen molar-refractivity contribution in [3.05, 3.63) is 33.9 Å². The third kappa shape index (κ3) is 3.01. The van der Waals surface area contributed by atoms with Crippen LogP contribution in [0.25, 0.3) is 0 Å². The molecule has 94 valence electrons. The fourth-order valence-corrected chi connectivity index (χ4v) is 1.94. The second-order valence-corrected chi connectivity index (χ2v) is 6.02. The van der Waals surface area contributed by atoms with Crippen molar-refractivity contribution in [3.8, 4) is 0 Å². The molecule has 0 unspecified atom stereocenters. The molecule has 1 aromatic carbocycles. The van der Waals surface area contributed by atoms with Crippen LogP contribution in [0.1, 0.15) is 26.3 Å². The first kappa shape index (κ1) is 13.6. The zero-order chi connectivity index (χ0) is 13.4. The maximum atomic E-state index is 10.9. The van der Waals surface area contributed by atoms with Crippen LogP contribution in [0.4, 0.5) is 5.69 Å². The average Bonchev–Trinajstić information content (AvgIpc) is 2.14. The van der Waals surface area contributed by atoms with Gasteiger partial charge in [-0.2, -0.15) is 0 Å². The first-order valence-electron chi connectivity index (χ1n) is 4.78. The summed E-state index contributed by atoms with van der Waals surface area (Å²) in [6.45, 7) is 5.29. The molecular formula is C10H12NO5S-. The van der Waals surface area contributed by atoms with E-state index in [1.54, 1.807) is 20.8 Å². The van der Waals surface area contributed by atoms with Crippen LogP contribution in [0.3, 0.4) is 0 Å². The van der Waals surface area contributed by atoms with Crippen molar-refractivity contribution in [1.29, 1.82) is 0 Å². The van der Waals surface area contributed by atoms with Crippen LogP contribution in [-0.2, 0) is 15.5 Å². The number of rotatable bonds is 2. The molecule has 1 rings (SSSR count). The Balaban J connectivity index is 3.54. The molecule has 0 saturated carbocycles. The molecule has 0 bridgehead atoms. The highest BCUT2D eigenvalue weighted by atomic mass is 32.2. The third-order valence-corrected chi connectivity index (χ3v) is 3.09. The predicted molar refractivity (Wildman–Crippen MR) is 59.8 cm³/mol. The van der Waals surface area contributed by atoms with Crippen molar-refractivity contribution in [1.82, 2.24) is 0 Å². The molecule has 0 spiro atoms. The predicted octanol–water partition coefficient (Wildman–Crippen LogP) is 1.80. The van der Waals surface area contributed by atoms with Gasteiger partial charge in [-0.3, -0.25) is 10.1 Å². The van der Waals surface area contributed by atoms with Crippen LogP contribution >= 0.6 is 0 Å². The van der Waals surface area contributed by atoms with E-state index in [0.29, 0.717) is 5.56 Å². The van der Waals surface area contributed by atoms with Crippen molar-refractivity contribution in [2.75, 3.05) is 0 Å². The zero-order valence-corrected chi connectivity index (χ0v) is 10.4. The molecule has 0 atom stereocenters. The molecule has 0 heterocycles. The van der Waals surface area contributed by atoms with Crippen LogP contribution in [0.15, 0.2) is 23.1 Å². The number of nitro groups is 1. The second-order valence-electron chi connectivity index (χ2n) is 4.64. The monoisotopic (exact) mass is 258 g/mol. The number of benzene rings is 1. The highest BCUT2D eigenvalue weighted by molar-refractivity contribution is 7.85. The summed E-state index contributed by atoms with van der Waals surface area (Å²) in [6, 6.07) is 3.21. The van der Waals surface area contributed by atoms with E-state index in [2.05, 4.69) is 0 Å². The standard InChI is InChI=1S/C10H13NO5S/c1-10(2,3)8-5-4-7(17(14,15)16)6-9(8)11(12)13/h4-6H,1-3H3,(H,14,15,16)/p-1. The van der Waals surface area contributed by atoms with E-state index in [0.717, 1.165) is 12.1 Å². The summed E-state index contributed by atoms with van der Waals surface area (Å²) in [4.78, 5) is 9.59. The van der Waals surface area contributed by atoms with Crippen LogP contribution < -0.4 is 0 Å². The Labute approximate surface area is 99.2 Å². The fourth-order valence-electron chi connectivity index (χ4n) is 1.45. The van der Waals surface area contributed by atoms with Gasteiger partial charge in [0.05, 0.1) is 9.82 Å². The largest absolute Gasteiger partial charge is 0.744 e. The minimum Gasteiger partial charge on any atom is -0.744 e. The van der Waals surface area contributed by atoms with Crippen LogP contribution in [0.2, 0.25) is 0 Å². The Hall–Kier alpha value is -1.47. The Kier molecular flexibility index (Phi) is 3.26. The molecule has 0 N–H and O–H groups in total. The van der Waals surface area contributed by atoms with Crippen molar-refractivity contribution in [2.45, 2.75) is 31.1 Å². The second kappa shape index (κ2) is 4.08. The molecule has 0 saturated heterocycles. The Morgan fingerprint density at radius 1 is 1.24 bits per heavy atom. The molecule has 0 amide bonds. The number of nitrogens with zero attached hydrogens (tertiary/aromatic N) is 1. The molecule has 17 heavy (non-hydrogen) atoms. The van der Waals surface area contributed by atoms with E-state index in [1.807, 2.05) is 0 Å². The molecule has 0 aromatic heterocycles. The van der Waals surface area contributed by atoms with Gasteiger partial charge in [0.15, 0.2) is 0 Å². The number of nitro benzene ring substituents is 1. The first-order chi connectivity index (χ1) is 7.53. The molecular weight excluding hydrogens is 246 g/mol. The lowest BCUT2D eigenvalue weighted by molar-refractivity contribution is -0.386. The third-order valence-electron chi connectivity index (χ3n) is 2.26. The van der Waals surface area contributed by atoms with Gasteiger partial charge < -0.3 is 4.55 Å². The summed E-state index contributed by atoms with van der Waals surface area (Å²) in [5, 5.41) is 10.9. The first-order valence-corrected chi connectivity index (χ1v) is 6.19. The van der Waals surface area contributed by atoms with E-state index in [9.17, 15) is 23.1 Å². The summed E-state index contributed by atoms with van der Waals surface area (Å²) >= 11 is 0. The van der Waals surface area contributed by atoms with E-state index in [4.69, 9.17) is 0 Å². The van der Waals surface area contributed by atoms with Gasteiger partial charge in [0.1, 0.15) is 10.1 Å². The lowest BCUT2D eigenvalue weighted by Crippen LogP contribution is -2.14. The summed E-state index contributed by atoms with van der Waals surface area (Å²) in [5.41, 5.74) is -0.475. The average molecular weight is 258 g/mol. The van der Waals surface area contributed by atoms with E-state index in [1.165, 1.54) is 6.07 Å². The zero-order valence-electron chi connectivity index (χ0n) is 9.63. The highest BCUT2D eigenvalue weighted by Gasteiger charge is 2.25. The van der Waals surface area contributed by atoms with Crippen molar-refractivity contribution >= 4 is 15.8 Å². The summed E-state index contributed by atoms with van der Waals surface area (Å²) in [5.74, 6) is 0. The van der Waals surface area contributed by atoms with Gasteiger partial charge in [-0.1, -0.05) is 26.8 Å². The Morgan fingerprint density at radius 3 is 2.12 bits per heavy atom. The Morgan fingerprint density at radius 2 is 1.76 bits per heavy atom. The van der Waals surface area contributed by atoms with Crippen LogP contribution in [0.5, 0.6) is 0 Å². The summed E-state index contributed by atoms with van der Waals surface area (Å²) in [7, 11) is -4.68. The number of hydrogen-bond donors (Lipinski definition) is 0.